The molecule has 0 radical (unpaired) electrons. The summed E-state index contributed by atoms with van der Waals surface area (Å²) in [4.78, 5) is 4.05. The predicted molar refractivity (Wildman–Crippen MR) is 85.2 cm³/mol. The molecule has 0 unspecified atom stereocenters. The maximum atomic E-state index is 12.8. The Labute approximate surface area is 125 Å². The van der Waals surface area contributed by atoms with Crippen LogP contribution in [0.5, 0.6) is 0 Å². The van der Waals surface area contributed by atoms with Crippen molar-refractivity contribution in [1.82, 2.24) is 4.98 Å². The summed E-state index contributed by atoms with van der Waals surface area (Å²) in [6.07, 6.45) is 1.48. The van der Waals surface area contributed by atoms with Crippen LogP contribution in [0.25, 0.3) is 0 Å². The van der Waals surface area contributed by atoms with E-state index in [0.29, 0.717) is 17.9 Å². The summed E-state index contributed by atoms with van der Waals surface area (Å²) in [5, 5.41) is 3.07. The molecule has 112 valence electrons. The van der Waals surface area contributed by atoms with E-state index in [1.165, 1.54) is 17.5 Å². The van der Waals surface area contributed by atoms with Gasteiger partial charge in [-0.3, -0.25) is 4.31 Å². The maximum Gasteiger partial charge on any atom is 0.283 e. The Morgan fingerprint density at radius 1 is 1.24 bits per heavy atom. The van der Waals surface area contributed by atoms with E-state index in [1.807, 2.05) is 32.0 Å². The van der Waals surface area contributed by atoms with Gasteiger partial charge >= 0.3 is 0 Å². The fraction of sp³-hybridized carbons (Fsp3) is 0.267. The minimum absolute atomic E-state index is 0.0378. The summed E-state index contributed by atoms with van der Waals surface area (Å²) in [5.41, 5.74) is 2.13. The quantitative estimate of drug-likeness (QED) is 0.922. The second-order valence-corrected chi connectivity index (χ2v) is 6.58. The second-order valence-electron chi connectivity index (χ2n) is 4.70. The van der Waals surface area contributed by atoms with Crippen molar-refractivity contribution in [2.24, 2.45) is 0 Å². The van der Waals surface area contributed by atoms with Crippen LogP contribution in [-0.2, 0) is 10.0 Å². The first-order chi connectivity index (χ1) is 9.96. The van der Waals surface area contributed by atoms with Crippen LogP contribution in [0.3, 0.4) is 0 Å². The third-order valence-electron chi connectivity index (χ3n) is 3.11. The molecule has 2 rings (SSSR count). The van der Waals surface area contributed by atoms with Crippen LogP contribution in [0, 0.1) is 6.92 Å². The molecule has 0 aliphatic carbocycles. The summed E-state index contributed by atoms with van der Waals surface area (Å²) in [7, 11) is -2.17. The number of sulfonamides is 1. The number of rotatable bonds is 5. The molecule has 0 fully saturated rings. The topological polar surface area (TPSA) is 62.3 Å². The fourth-order valence-electron chi connectivity index (χ4n) is 2.01. The minimum Gasteiger partial charge on any atom is -0.383 e. The highest BCUT2D eigenvalue weighted by Gasteiger charge is 2.25. The number of hydrogen-bond acceptors (Lipinski definition) is 4. The highest BCUT2D eigenvalue weighted by Crippen LogP contribution is 2.25. The Balaban J connectivity index is 2.47. The van der Waals surface area contributed by atoms with E-state index in [0.717, 1.165) is 5.56 Å². The number of nitrogens with zero attached hydrogens (tertiary/aromatic N) is 2. The van der Waals surface area contributed by atoms with Gasteiger partial charge in [0.15, 0.2) is 5.03 Å². The number of anilines is 2. The first kappa shape index (κ1) is 15.3. The van der Waals surface area contributed by atoms with Crippen molar-refractivity contribution < 1.29 is 8.42 Å². The van der Waals surface area contributed by atoms with E-state index in [2.05, 4.69) is 10.3 Å². The molecule has 6 heteroatoms. The lowest BCUT2D eigenvalue weighted by Gasteiger charge is -2.21. The van der Waals surface area contributed by atoms with Gasteiger partial charge in [-0.05, 0) is 43.7 Å². The highest BCUT2D eigenvalue weighted by molar-refractivity contribution is 7.92. The summed E-state index contributed by atoms with van der Waals surface area (Å²) in [6.45, 7) is 4.46. The van der Waals surface area contributed by atoms with Gasteiger partial charge in [-0.2, -0.15) is 8.42 Å². The summed E-state index contributed by atoms with van der Waals surface area (Å²) >= 11 is 0. The van der Waals surface area contributed by atoms with Crippen LogP contribution in [0.2, 0.25) is 0 Å². The first-order valence-electron chi connectivity index (χ1n) is 6.71. The maximum absolute atomic E-state index is 12.8. The van der Waals surface area contributed by atoms with Gasteiger partial charge in [0.1, 0.15) is 0 Å². The number of aryl methyl sites for hydroxylation is 1. The van der Waals surface area contributed by atoms with Crippen LogP contribution in [-0.4, -0.2) is 27.0 Å². The molecule has 0 aliphatic heterocycles. The molecular weight excluding hydrogens is 286 g/mol. The Morgan fingerprint density at radius 2 is 2.00 bits per heavy atom. The molecule has 0 atom stereocenters. The molecule has 0 saturated carbocycles. The molecule has 1 aromatic carbocycles. The minimum atomic E-state index is -3.70. The average Bonchev–Trinajstić information content (AvgIpc) is 2.47. The van der Waals surface area contributed by atoms with Gasteiger partial charge < -0.3 is 5.32 Å². The van der Waals surface area contributed by atoms with Gasteiger partial charge in [0.05, 0.1) is 11.4 Å². The largest absolute Gasteiger partial charge is 0.383 e. The number of aromatic nitrogens is 1. The van der Waals surface area contributed by atoms with Crippen LogP contribution in [0.1, 0.15) is 12.5 Å². The standard InChI is InChI=1S/C15H19N3O2S/c1-4-16-14-9-6-10-17-15(14)21(19,20)18(3)13-8-5-7-12(2)11-13/h5-11,16H,4H2,1-3H3. The summed E-state index contributed by atoms with van der Waals surface area (Å²) in [5.74, 6) is 0. The van der Waals surface area contributed by atoms with E-state index < -0.39 is 10.0 Å². The van der Waals surface area contributed by atoms with Crippen molar-refractivity contribution in [3.05, 3.63) is 48.2 Å². The predicted octanol–water partition coefficient (Wildman–Crippen LogP) is 2.65. The molecule has 0 aliphatic rings. The molecule has 2 aromatic rings. The van der Waals surface area contributed by atoms with E-state index in [-0.39, 0.29) is 5.03 Å². The van der Waals surface area contributed by atoms with Gasteiger partial charge in [-0.15, -0.1) is 0 Å². The molecule has 0 amide bonds. The Bertz CT molecular complexity index is 729. The Kier molecular flexibility index (Phi) is 4.47. The molecule has 1 aromatic heterocycles. The third-order valence-corrected chi connectivity index (χ3v) is 4.85. The zero-order chi connectivity index (χ0) is 15.5. The lowest BCUT2D eigenvalue weighted by atomic mass is 10.2. The monoisotopic (exact) mass is 305 g/mol. The molecule has 21 heavy (non-hydrogen) atoms. The molecule has 5 nitrogen and oxygen atoms in total. The third kappa shape index (κ3) is 3.16. The smallest absolute Gasteiger partial charge is 0.283 e. The SMILES string of the molecule is CCNc1cccnc1S(=O)(=O)N(C)c1cccc(C)c1. The van der Waals surface area contributed by atoms with Crippen molar-refractivity contribution in [2.45, 2.75) is 18.9 Å². The van der Waals surface area contributed by atoms with E-state index in [9.17, 15) is 8.42 Å². The Hall–Kier alpha value is -2.08. The van der Waals surface area contributed by atoms with Crippen molar-refractivity contribution in [2.75, 3.05) is 23.2 Å². The number of benzene rings is 1. The van der Waals surface area contributed by atoms with Crippen molar-refractivity contribution in [3.8, 4) is 0 Å². The van der Waals surface area contributed by atoms with E-state index in [4.69, 9.17) is 0 Å². The molecule has 0 saturated heterocycles. The fourth-order valence-corrected chi connectivity index (χ4v) is 3.28. The van der Waals surface area contributed by atoms with Gasteiger partial charge in [-0.25, -0.2) is 4.98 Å². The van der Waals surface area contributed by atoms with Gasteiger partial charge in [0.2, 0.25) is 0 Å². The zero-order valence-corrected chi connectivity index (χ0v) is 13.2. The molecule has 1 N–H and O–H groups in total. The highest BCUT2D eigenvalue weighted by atomic mass is 32.2. The van der Waals surface area contributed by atoms with Crippen LogP contribution in [0.4, 0.5) is 11.4 Å². The lowest BCUT2D eigenvalue weighted by Crippen LogP contribution is -2.28. The second kappa shape index (κ2) is 6.13. The van der Waals surface area contributed by atoms with Crippen LogP contribution < -0.4 is 9.62 Å². The van der Waals surface area contributed by atoms with E-state index >= 15 is 0 Å². The number of hydrogen-bond donors (Lipinski definition) is 1. The molecule has 0 bridgehead atoms. The average molecular weight is 305 g/mol. The van der Waals surface area contributed by atoms with Gasteiger partial charge in [-0.1, -0.05) is 12.1 Å². The number of pyridine rings is 1. The lowest BCUT2D eigenvalue weighted by molar-refractivity contribution is 0.591. The Morgan fingerprint density at radius 3 is 2.67 bits per heavy atom. The molecular formula is C15H19N3O2S. The summed E-state index contributed by atoms with van der Waals surface area (Å²) in [6, 6.07) is 10.8. The van der Waals surface area contributed by atoms with Gasteiger partial charge in [0.25, 0.3) is 10.0 Å². The van der Waals surface area contributed by atoms with Crippen molar-refractivity contribution >= 4 is 21.4 Å². The first-order valence-corrected chi connectivity index (χ1v) is 8.15. The zero-order valence-electron chi connectivity index (χ0n) is 12.4. The van der Waals surface area contributed by atoms with Gasteiger partial charge in [0, 0.05) is 19.8 Å². The van der Waals surface area contributed by atoms with Crippen molar-refractivity contribution in [3.63, 3.8) is 0 Å². The van der Waals surface area contributed by atoms with E-state index in [1.54, 1.807) is 18.2 Å². The summed E-state index contributed by atoms with van der Waals surface area (Å²) < 4.78 is 26.8. The van der Waals surface area contributed by atoms with Crippen LogP contribution in [0.15, 0.2) is 47.6 Å². The van der Waals surface area contributed by atoms with Crippen molar-refractivity contribution in [1.29, 1.82) is 0 Å². The molecule has 0 spiro atoms. The number of nitrogens with one attached hydrogen (secondary N) is 1. The van der Waals surface area contributed by atoms with Crippen LogP contribution >= 0.6 is 0 Å². The molecule has 1 heterocycles. The normalized spacial score (nSPS) is 11.2.